The molecule has 0 unspecified atom stereocenters. The molecule has 2 rings (SSSR count). The molecule has 112 valence electrons. The smallest absolute Gasteiger partial charge is 0.220 e. The van der Waals surface area contributed by atoms with Gasteiger partial charge in [0.1, 0.15) is 5.75 Å². The number of thiazole rings is 1. The van der Waals surface area contributed by atoms with Gasteiger partial charge in [0.05, 0.1) is 18.3 Å². The molecule has 0 saturated heterocycles. The molecule has 1 aromatic carbocycles. The van der Waals surface area contributed by atoms with Gasteiger partial charge in [0.2, 0.25) is 5.91 Å². The summed E-state index contributed by atoms with van der Waals surface area (Å²) >= 11 is 1.61. The summed E-state index contributed by atoms with van der Waals surface area (Å²) in [6.07, 6.45) is 2.09. The lowest BCUT2D eigenvalue weighted by molar-refractivity contribution is -0.121. The molecule has 1 aromatic heterocycles. The van der Waals surface area contributed by atoms with Crippen LogP contribution in [-0.4, -0.2) is 24.5 Å². The van der Waals surface area contributed by atoms with Crippen molar-refractivity contribution in [2.45, 2.75) is 26.2 Å². The van der Waals surface area contributed by atoms with Crippen LogP contribution in [0.1, 0.15) is 22.6 Å². The van der Waals surface area contributed by atoms with E-state index in [4.69, 9.17) is 4.74 Å². The first-order valence-electron chi connectivity index (χ1n) is 6.97. The van der Waals surface area contributed by atoms with Crippen molar-refractivity contribution in [3.05, 3.63) is 45.9 Å². The lowest BCUT2D eigenvalue weighted by Crippen LogP contribution is -2.25. The number of aromatic nitrogens is 1. The van der Waals surface area contributed by atoms with Gasteiger partial charge in [-0.25, -0.2) is 4.98 Å². The van der Waals surface area contributed by atoms with E-state index in [1.807, 2.05) is 36.7 Å². The number of rotatable bonds is 7. The van der Waals surface area contributed by atoms with Gasteiger partial charge in [-0.2, -0.15) is 0 Å². The molecule has 21 heavy (non-hydrogen) atoms. The van der Waals surface area contributed by atoms with Crippen LogP contribution in [0.2, 0.25) is 0 Å². The van der Waals surface area contributed by atoms with E-state index in [1.54, 1.807) is 18.4 Å². The lowest BCUT2D eigenvalue weighted by Gasteiger charge is -2.06. The number of amides is 1. The molecule has 1 heterocycles. The summed E-state index contributed by atoms with van der Waals surface area (Å²) in [5.41, 5.74) is 4.02. The van der Waals surface area contributed by atoms with Crippen molar-refractivity contribution >= 4 is 17.2 Å². The molecular formula is C16H20N2O2S. The molecule has 0 saturated carbocycles. The van der Waals surface area contributed by atoms with Gasteiger partial charge in [0.25, 0.3) is 0 Å². The fraction of sp³-hybridized carbons (Fsp3) is 0.375. The third-order valence-electron chi connectivity index (χ3n) is 3.29. The second-order valence-electron chi connectivity index (χ2n) is 4.81. The largest absolute Gasteiger partial charge is 0.497 e. The van der Waals surface area contributed by atoms with Crippen molar-refractivity contribution in [1.29, 1.82) is 0 Å². The van der Waals surface area contributed by atoms with E-state index in [2.05, 4.69) is 10.3 Å². The molecule has 0 radical (unpaired) electrons. The molecule has 0 bridgehead atoms. The Morgan fingerprint density at radius 1 is 1.38 bits per heavy atom. The van der Waals surface area contributed by atoms with Crippen LogP contribution in [0.5, 0.6) is 5.75 Å². The van der Waals surface area contributed by atoms with E-state index >= 15 is 0 Å². The van der Waals surface area contributed by atoms with Gasteiger partial charge >= 0.3 is 0 Å². The highest BCUT2D eigenvalue weighted by atomic mass is 32.1. The molecule has 0 aliphatic rings. The number of nitrogens with zero attached hydrogens (tertiary/aromatic N) is 1. The zero-order valence-electron chi connectivity index (χ0n) is 12.4. The Kier molecular flexibility index (Phi) is 5.75. The van der Waals surface area contributed by atoms with Gasteiger partial charge in [-0.1, -0.05) is 12.1 Å². The minimum Gasteiger partial charge on any atom is -0.497 e. The molecular weight excluding hydrogens is 284 g/mol. The standard InChI is InChI=1S/C16H20N2O2S/c1-12-15(21-11-18-12)6-7-16(19)17-9-8-13-4-3-5-14(10-13)20-2/h3-5,10-11H,6-9H2,1-2H3,(H,17,19). The first kappa shape index (κ1) is 15.5. The molecule has 0 spiro atoms. The lowest BCUT2D eigenvalue weighted by atomic mass is 10.1. The predicted molar refractivity (Wildman–Crippen MR) is 84.9 cm³/mol. The summed E-state index contributed by atoms with van der Waals surface area (Å²) in [7, 11) is 1.66. The predicted octanol–water partition coefficient (Wildman–Crippen LogP) is 2.75. The van der Waals surface area contributed by atoms with Crippen LogP contribution in [0.3, 0.4) is 0 Å². The molecule has 2 aromatic rings. The molecule has 0 fully saturated rings. The average molecular weight is 304 g/mol. The maximum absolute atomic E-state index is 11.8. The van der Waals surface area contributed by atoms with Crippen LogP contribution < -0.4 is 10.1 Å². The second-order valence-corrected chi connectivity index (χ2v) is 5.75. The Morgan fingerprint density at radius 2 is 2.24 bits per heavy atom. The SMILES string of the molecule is COc1cccc(CCNC(=O)CCc2scnc2C)c1. The first-order chi connectivity index (χ1) is 10.2. The van der Waals surface area contributed by atoms with Gasteiger partial charge in [-0.3, -0.25) is 4.79 Å². The van der Waals surface area contributed by atoms with Crippen molar-refractivity contribution in [1.82, 2.24) is 10.3 Å². The van der Waals surface area contributed by atoms with Crippen LogP contribution in [-0.2, 0) is 17.6 Å². The van der Waals surface area contributed by atoms with E-state index in [0.29, 0.717) is 13.0 Å². The van der Waals surface area contributed by atoms with E-state index in [9.17, 15) is 4.79 Å². The summed E-state index contributed by atoms with van der Waals surface area (Å²) in [6, 6.07) is 7.91. The van der Waals surface area contributed by atoms with E-state index in [0.717, 1.165) is 29.8 Å². The quantitative estimate of drug-likeness (QED) is 0.855. The van der Waals surface area contributed by atoms with Gasteiger partial charge in [-0.15, -0.1) is 11.3 Å². The van der Waals surface area contributed by atoms with Crippen LogP contribution in [0.25, 0.3) is 0 Å². The Hall–Kier alpha value is -1.88. The molecule has 0 aliphatic heterocycles. The maximum atomic E-state index is 11.8. The topological polar surface area (TPSA) is 51.2 Å². The number of hydrogen-bond donors (Lipinski definition) is 1. The molecule has 1 N–H and O–H groups in total. The van der Waals surface area contributed by atoms with Gasteiger partial charge in [0.15, 0.2) is 0 Å². The average Bonchev–Trinajstić information content (AvgIpc) is 2.91. The first-order valence-corrected chi connectivity index (χ1v) is 7.85. The summed E-state index contributed by atoms with van der Waals surface area (Å²) in [4.78, 5) is 17.2. The zero-order chi connectivity index (χ0) is 15.1. The summed E-state index contributed by atoms with van der Waals surface area (Å²) in [5.74, 6) is 0.935. The van der Waals surface area contributed by atoms with E-state index in [1.165, 1.54) is 4.88 Å². The minimum atomic E-state index is 0.0886. The van der Waals surface area contributed by atoms with E-state index < -0.39 is 0 Å². The van der Waals surface area contributed by atoms with E-state index in [-0.39, 0.29) is 5.91 Å². The highest BCUT2D eigenvalue weighted by Gasteiger charge is 2.06. The number of carbonyl (C=O) groups excluding carboxylic acids is 1. The van der Waals surface area contributed by atoms with Crippen LogP contribution >= 0.6 is 11.3 Å². The number of hydrogen-bond acceptors (Lipinski definition) is 4. The number of methoxy groups -OCH3 is 1. The van der Waals surface area contributed by atoms with Crippen LogP contribution in [0.4, 0.5) is 0 Å². The highest BCUT2D eigenvalue weighted by Crippen LogP contribution is 2.14. The third-order valence-corrected chi connectivity index (χ3v) is 4.29. The fourth-order valence-electron chi connectivity index (χ4n) is 2.06. The number of benzene rings is 1. The van der Waals surface area contributed by atoms with Gasteiger partial charge in [-0.05, 0) is 37.5 Å². The Bertz CT molecular complexity index is 595. The summed E-state index contributed by atoms with van der Waals surface area (Å²) in [6.45, 7) is 2.63. The molecule has 5 heteroatoms. The molecule has 1 amide bonds. The van der Waals surface area contributed by atoms with Crippen LogP contribution in [0, 0.1) is 6.92 Å². The van der Waals surface area contributed by atoms with Crippen molar-refractivity contribution in [2.24, 2.45) is 0 Å². The normalized spacial score (nSPS) is 10.4. The maximum Gasteiger partial charge on any atom is 0.220 e. The van der Waals surface area contributed by atoms with Gasteiger partial charge < -0.3 is 10.1 Å². The van der Waals surface area contributed by atoms with Crippen LogP contribution in [0.15, 0.2) is 29.8 Å². The highest BCUT2D eigenvalue weighted by molar-refractivity contribution is 7.09. The molecule has 0 aliphatic carbocycles. The monoisotopic (exact) mass is 304 g/mol. The number of ether oxygens (including phenoxy) is 1. The second kappa shape index (κ2) is 7.78. The molecule has 0 atom stereocenters. The van der Waals surface area contributed by atoms with Gasteiger partial charge in [0, 0.05) is 17.8 Å². The number of aryl methyl sites for hydroxylation is 2. The molecule has 4 nitrogen and oxygen atoms in total. The van der Waals surface area contributed by atoms with Crippen molar-refractivity contribution in [3.63, 3.8) is 0 Å². The summed E-state index contributed by atoms with van der Waals surface area (Å²) < 4.78 is 5.18. The van der Waals surface area contributed by atoms with Crippen molar-refractivity contribution in [3.8, 4) is 5.75 Å². The number of carbonyl (C=O) groups is 1. The zero-order valence-corrected chi connectivity index (χ0v) is 13.2. The summed E-state index contributed by atoms with van der Waals surface area (Å²) in [5, 5.41) is 2.95. The third kappa shape index (κ3) is 4.86. The minimum absolute atomic E-state index is 0.0886. The fourth-order valence-corrected chi connectivity index (χ4v) is 2.84. The Labute approximate surface area is 129 Å². The van der Waals surface area contributed by atoms with Crippen molar-refractivity contribution < 1.29 is 9.53 Å². The Balaban J connectivity index is 1.70. The van der Waals surface area contributed by atoms with Crippen molar-refractivity contribution in [2.75, 3.05) is 13.7 Å². The Morgan fingerprint density at radius 3 is 2.95 bits per heavy atom. The number of nitrogens with one attached hydrogen (secondary N) is 1.